The lowest BCUT2D eigenvalue weighted by atomic mass is 10.1. The molecule has 0 bridgehead atoms. The summed E-state index contributed by atoms with van der Waals surface area (Å²) in [4.78, 5) is 22.1. The van der Waals surface area contributed by atoms with Gasteiger partial charge in [0.15, 0.2) is 0 Å². The molecule has 6 nitrogen and oxygen atoms in total. The summed E-state index contributed by atoms with van der Waals surface area (Å²) in [7, 11) is 0. The number of carboxylic acid groups (broad SMARTS) is 1. The van der Waals surface area contributed by atoms with Crippen LogP contribution in [0.1, 0.15) is 5.56 Å². The SMILES string of the molecule is NC[C@](O)(C(=O)O)C(=O)OCc1ccccc1. The smallest absolute Gasteiger partial charge is 0.351 e. The van der Waals surface area contributed by atoms with E-state index in [9.17, 15) is 14.7 Å². The summed E-state index contributed by atoms with van der Waals surface area (Å²) in [6.07, 6.45) is 0. The van der Waals surface area contributed by atoms with Gasteiger partial charge in [-0.25, -0.2) is 9.59 Å². The van der Waals surface area contributed by atoms with Crippen LogP contribution in [0.4, 0.5) is 0 Å². The monoisotopic (exact) mass is 239 g/mol. The van der Waals surface area contributed by atoms with Crippen molar-refractivity contribution in [3.05, 3.63) is 35.9 Å². The standard InChI is InChI=1S/C11H13NO5/c12-7-11(16,9(13)14)10(15)17-6-8-4-2-1-3-5-8/h1-5,16H,6-7,12H2,(H,13,14)/t11-/m0/s1. The average Bonchev–Trinajstić information content (AvgIpc) is 2.35. The number of carbonyl (C=O) groups is 2. The van der Waals surface area contributed by atoms with E-state index < -0.39 is 24.1 Å². The number of rotatable bonds is 5. The fourth-order valence-electron chi connectivity index (χ4n) is 1.10. The molecule has 4 N–H and O–H groups in total. The zero-order valence-electron chi connectivity index (χ0n) is 9.00. The maximum Gasteiger partial charge on any atom is 0.351 e. The van der Waals surface area contributed by atoms with Gasteiger partial charge in [-0.2, -0.15) is 0 Å². The van der Waals surface area contributed by atoms with Crippen molar-refractivity contribution in [2.75, 3.05) is 6.54 Å². The van der Waals surface area contributed by atoms with E-state index in [2.05, 4.69) is 0 Å². The lowest BCUT2D eigenvalue weighted by Gasteiger charge is -2.19. The summed E-state index contributed by atoms with van der Waals surface area (Å²) in [5.41, 5.74) is 3.05. The highest BCUT2D eigenvalue weighted by atomic mass is 16.6. The van der Waals surface area contributed by atoms with Gasteiger partial charge in [0.05, 0.1) is 0 Å². The molecule has 0 aliphatic rings. The van der Waals surface area contributed by atoms with Crippen LogP contribution in [0.15, 0.2) is 30.3 Å². The van der Waals surface area contributed by atoms with E-state index in [0.717, 1.165) is 0 Å². The molecule has 0 heterocycles. The molecular formula is C11H13NO5. The van der Waals surface area contributed by atoms with Crippen LogP contribution in [0.2, 0.25) is 0 Å². The lowest BCUT2D eigenvalue weighted by molar-refractivity contribution is -0.179. The molecule has 0 saturated heterocycles. The van der Waals surface area contributed by atoms with Crippen molar-refractivity contribution >= 4 is 11.9 Å². The molecule has 0 amide bonds. The minimum Gasteiger partial charge on any atom is -0.479 e. The van der Waals surface area contributed by atoms with Crippen LogP contribution in [-0.4, -0.2) is 34.3 Å². The van der Waals surface area contributed by atoms with Crippen molar-refractivity contribution in [2.24, 2.45) is 5.73 Å². The molecular weight excluding hydrogens is 226 g/mol. The minimum absolute atomic E-state index is 0.116. The van der Waals surface area contributed by atoms with Gasteiger partial charge >= 0.3 is 11.9 Å². The average molecular weight is 239 g/mol. The van der Waals surface area contributed by atoms with Gasteiger partial charge in [-0.1, -0.05) is 30.3 Å². The van der Waals surface area contributed by atoms with Crippen LogP contribution in [0.3, 0.4) is 0 Å². The van der Waals surface area contributed by atoms with Crippen molar-refractivity contribution in [2.45, 2.75) is 12.2 Å². The molecule has 1 aromatic rings. The molecule has 0 fully saturated rings. The third-order valence-electron chi connectivity index (χ3n) is 2.20. The zero-order valence-corrected chi connectivity index (χ0v) is 9.00. The van der Waals surface area contributed by atoms with Gasteiger partial charge in [-0.3, -0.25) is 0 Å². The molecule has 0 spiro atoms. The van der Waals surface area contributed by atoms with Gasteiger partial charge in [0.2, 0.25) is 0 Å². The van der Waals surface area contributed by atoms with E-state index in [1.54, 1.807) is 30.3 Å². The van der Waals surface area contributed by atoms with Gasteiger partial charge in [-0.15, -0.1) is 0 Å². The first-order valence-electron chi connectivity index (χ1n) is 4.87. The summed E-state index contributed by atoms with van der Waals surface area (Å²) in [5, 5.41) is 18.1. The Kier molecular flexibility index (Phi) is 4.19. The number of ether oxygens (including phenoxy) is 1. The first-order chi connectivity index (χ1) is 8.00. The number of carboxylic acids is 1. The Morgan fingerprint density at radius 3 is 2.35 bits per heavy atom. The Balaban J connectivity index is 2.64. The molecule has 6 heteroatoms. The van der Waals surface area contributed by atoms with E-state index in [-0.39, 0.29) is 6.61 Å². The molecule has 0 radical (unpaired) electrons. The molecule has 17 heavy (non-hydrogen) atoms. The quantitative estimate of drug-likeness (QED) is 0.472. The Morgan fingerprint density at radius 1 is 1.29 bits per heavy atom. The second-order valence-electron chi connectivity index (χ2n) is 3.43. The molecule has 0 aliphatic carbocycles. The largest absolute Gasteiger partial charge is 0.479 e. The Bertz CT molecular complexity index is 406. The third kappa shape index (κ3) is 3.02. The van der Waals surface area contributed by atoms with E-state index in [4.69, 9.17) is 15.6 Å². The Labute approximate surface area is 97.6 Å². The van der Waals surface area contributed by atoms with Gasteiger partial charge in [-0.05, 0) is 5.56 Å². The van der Waals surface area contributed by atoms with Crippen molar-refractivity contribution in [3.8, 4) is 0 Å². The van der Waals surface area contributed by atoms with Crippen molar-refractivity contribution < 1.29 is 24.5 Å². The number of benzene rings is 1. The normalized spacial score (nSPS) is 13.8. The summed E-state index contributed by atoms with van der Waals surface area (Å²) >= 11 is 0. The Morgan fingerprint density at radius 2 is 1.88 bits per heavy atom. The fraction of sp³-hybridized carbons (Fsp3) is 0.273. The van der Waals surface area contributed by atoms with Crippen LogP contribution < -0.4 is 5.73 Å². The summed E-state index contributed by atoms with van der Waals surface area (Å²) in [6.45, 7) is -0.856. The predicted octanol–water partition coefficient (Wildman–Crippen LogP) is -0.496. The maximum absolute atomic E-state index is 11.4. The van der Waals surface area contributed by atoms with E-state index >= 15 is 0 Å². The van der Waals surface area contributed by atoms with Gasteiger partial charge < -0.3 is 20.7 Å². The van der Waals surface area contributed by atoms with Crippen molar-refractivity contribution in [1.29, 1.82) is 0 Å². The van der Waals surface area contributed by atoms with Gasteiger partial charge in [0.1, 0.15) is 6.61 Å². The summed E-state index contributed by atoms with van der Waals surface area (Å²) in [5.74, 6) is -2.99. The van der Waals surface area contributed by atoms with Crippen molar-refractivity contribution in [1.82, 2.24) is 0 Å². The highest BCUT2D eigenvalue weighted by Crippen LogP contribution is 2.09. The van der Waals surface area contributed by atoms with Crippen LogP contribution >= 0.6 is 0 Å². The number of hydrogen-bond acceptors (Lipinski definition) is 5. The molecule has 1 rings (SSSR count). The van der Waals surface area contributed by atoms with E-state index in [1.165, 1.54) is 0 Å². The van der Waals surface area contributed by atoms with Crippen LogP contribution in [0.25, 0.3) is 0 Å². The molecule has 0 aromatic heterocycles. The zero-order chi connectivity index (χ0) is 12.9. The predicted molar refractivity (Wildman–Crippen MR) is 57.9 cm³/mol. The van der Waals surface area contributed by atoms with Gasteiger partial charge in [0, 0.05) is 6.54 Å². The number of nitrogens with two attached hydrogens (primary N) is 1. The third-order valence-corrected chi connectivity index (χ3v) is 2.20. The number of hydrogen-bond donors (Lipinski definition) is 3. The molecule has 0 unspecified atom stereocenters. The highest BCUT2D eigenvalue weighted by molar-refractivity contribution is 6.02. The van der Waals surface area contributed by atoms with Crippen LogP contribution in [0, 0.1) is 0 Å². The minimum atomic E-state index is -2.69. The molecule has 1 aromatic carbocycles. The Hall–Kier alpha value is -1.92. The first-order valence-corrected chi connectivity index (χ1v) is 4.87. The highest BCUT2D eigenvalue weighted by Gasteiger charge is 2.44. The fourth-order valence-corrected chi connectivity index (χ4v) is 1.10. The summed E-state index contributed by atoms with van der Waals surface area (Å²) < 4.78 is 4.70. The van der Waals surface area contributed by atoms with Gasteiger partial charge in [0.25, 0.3) is 5.60 Å². The number of aliphatic carboxylic acids is 1. The maximum atomic E-state index is 11.4. The lowest BCUT2D eigenvalue weighted by Crippen LogP contribution is -2.53. The topological polar surface area (TPSA) is 110 Å². The molecule has 92 valence electrons. The van der Waals surface area contributed by atoms with E-state index in [1.807, 2.05) is 0 Å². The summed E-state index contributed by atoms with van der Waals surface area (Å²) in [6, 6.07) is 8.69. The van der Waals surface area contributed by atoms with Crippen LogP contribution in [0.5, 0.6) is 0 Å². The molecule has 0 saturated carbocycles. The second-order valence-corrected chi connectivity index (χ2v) is 3.43. The number of aliphatic hydroxyl groups is 1. The van der Waals surface area contributed by atoms with Crippen molar-refractivity contribution in [3.63, 3.8) is 0 Å². The second kappa shape index (κ2) is 5.42. The molecule has 0 aliphatic heterocycles. The first kappa shape index (κ1) is 13.1. The van der Waals surface area contributed by atoms with E-state index in [0.29, 0.717) is 5.56 Å². The van der Waals surface area contributed by atoms with Crippen LogP contribution in [-0.2, 0) is 20.9 Å². The number of esters is 1. The number of carbonyl (C=O) groups excluding carboxylic acids is 1. The molecule has 1 atom stereocenters.